The molecule has 1 saturated heterocycles. The number of nitrogens with two attached hydrogens (primary N) is 1. The zero-order chi connectivity index (χ0) is 14.2. The highest BCUT2D eigenvalue weighted by Crippen LogP contribution is 2.49. The molecule has 6 heteroatoms. The van der Waals surface area contributed by atoms with Crippen molar-refractivity contribution in [3.05, 3.63) is 0 Å². The minimum atomic E-state index is -1.08. The average Bonchev–Trinajstić information content (AvgIpc) is 2.79. The second kappa shape index (κ2) is 5.42. The zero-order valence-electron chi connectivity index (χ0n) is 11.8. The van der Waals surface area contributed by atoms with Crippen molar-refractivity contribution in [2.75, 3.05) is 6.54 Å². The summed E-state index contributed by atoms with van der Waals surface area (Å²) in [6.07, 6.45) is 2.92. The van der Waals surface area contributed by atoms with Gasteiger partial charge < -0.3 is 21.2 Å². The first-order valence-electron chi connectivity index (χ1n) is 7.30. The number of fused-ring (bicyclic) bond motifs is 1. The first kappa shape index (κ1) is 14.8. The van der Waals surface area contributed by atoms with E-state index in [4.69, 9.17) is 5.73 Å². The Hall–Kier alpha value is -0.585. The molecule has 19 heavy (non-hydrogen) atoms. The molecule has 5 unspecified atom stereocenters. The van der Waals surface area contributed by atoms with E-state index in [9.17, 15) is 14.9 Å². The van der Waals surface area contributed by atoms with Gasteiger partial charge in [0.05, 0.1) is 0 Å². The highest BCUT2D eigenvalue weighted by molar-refractivity contribution is 6.48. The molecule has 0 aromatic rings. The number of carboxylic acids is 1. The van der Waals surface area contributed by atoms with Crippen LogP contribution in [0.1, 0.15) is 26.2 Å². The quantitative estimate of drug-likeness (QED) is 0.541. The summed E-state index contributed by atoms with van der Waals surface area (Å²) >= 11 is 0. The highest BCUT2D eigenvalue weighted by atomic mass is 16.4. The molecule has 0 spiro atoms. The molecule has 2 fully saturated rings. The lowest BCUT2D eigenvalue weighted by molar-refractivity contribution is -0.145. The molecule has 0 amide bonds. The van der Waals surface area contributed by atoms with Crippen LogP contribution in [0, 0.1) is 17.8 Å². The number of aliphatic carboxylic acids is 1. The first-order chi connectivity index (χ1) is 8.86. The van der Waals surface area contributed by atoms with Crippen molar-refractivity contribution in [2.45, 2.75) is 50.9 Å². The maximum absolute atomic E-state index is 11.6. The first-order valence-corrected chi connectivity index (χ1v) is 7.30. The van der Waals surface area contributed by atoms with Gasteiger partial charge in [0.1, 0.15) is 5.54 Å². The van der Waals surface area contributed by atoms with Crippen molar-refractivity contribution in [3.63, 3.8) is 0 Å². The lowest BCUT2D eigenvalue weighted by atomic mass is 9.65. The fourth-order valence-corrected chi connectivity index (χ4v) is 4.16. The van der Waals surface area contributed by atoms with Crippen LogP contribution in [0.15, 0.2) is 0 Å². The summed E-state index contributed by atoms with van der Waals surface area (Å²) in [5, 5.41) is 22.3. The summed E-state index contributed by atoms with van der Waals surface area (Å²) in [5.74, 6) is -0.113. The van der Waals surface area contributed by atoms with Gasteiger partial charge in [0, 0.05) is 6.04 Å². The van der Waals surface area contributed by atoms with E-state index in [-0.39, 0.29) is 12.8 Å². The molecule has 5 N–H and O–H groups in total. The Morgan fingerprint density at radius 2 is 2.26 bits per heavy atom. The van der Waals surface area contributed by atoms with Crippen LogP contribution in [-0.2, 0) is 4.79 Å². The van der Waals surface area contributed by atoms with Gasteiger partial charge in [-0.25, -0.2) is 0 Å². The van der Waals surface area contributed by atoms with Crippen LogP contribution in [0.4, 0.5) is 0 Å². The second-order valence-electron chi connectivity index (χ2n) is 6.47. The molecule has 1 aliphatic heterocycles. The number of hydrogen-bond donors (Lipinski definition) is 4. The van der Waals surface area contributed by atoms with Gasteiger partial charge in [-0.1, -0.05) is 13.2 Å². The predicted octanol–water partition coefficient (Wildman–Crippen LogP) is 0.406. The Labute approximate surface area is 115 Å². The predicted molar refractivity (Wildman–Crippen MR) is 75.0 cm³/mol. The largest absolute Gasteiger partial charge is 0.480 e. The SMILES string of the molecule is CB(O)CCCC1C2C(CNC2C)CC1(N)C(=O)O. The number of carboxylic acid groups (broad SMARTS) is 1. The second-order valence-corrected chi connectivity index (χ2v) is 6.47. The third-order valence-corrected chi connectivity index (χ3v) is 5.09. The third-order valence-electron chi connectivity index (χ3n) is 5.09. The molecule has 1 heterocycles. The van der Waals surface area contributed by atoms with Gasteiger partial charge in [-0.05, 0) is 50.4 Å². The zero-order valence-corrected chi connectivity index (χ0v) is 11.8. The molecule has 2 rings (SSSR count). The van der Waals surface area contributed by atoms with E-state index >= 15 is 0 Å². The Kier molecular flexibility index (Phi) is 4.23. The van der Waals surface area contributed by atoms with E-state index in [1.165, 1.54) is 0 Å². The minimum Gasteiger partial charge on any atom is -0.480 e. The standard InChI is InChI=1S/C13H25BN2O3/c1-8-11-9(7-16-8)6-13(15,12(17)18)10(11)4-3-5-14(2)19/h8-11,16,19H,3-7,15H2,1-2H3,(H,17,18). The molecule has 5 nitrogen and oxygen atoms in total. The number of carbonyl (C=O) groups is 1. The van der Waals surface area contributed by atoms with Crippen LogP contribution >= 0.6 is 0 Å². The van der Waals surface area contributed by atoms with Crippen molar-refractivity contribution < 1.29 is 14.9 Å². The molecule has 5 atom stereocenters. The van der Waals surface area contributed by atoms with Crippen LogP contribution in [0.25, 0.3) is 0 Å². The van der Waals surface area contributed by atoms with Gasteiger partial charge in [-0.3, -0.25) is 4.79 Å². The molecule has 1 saturated carbocycles. The van der Waals surface area contributed by atoms with Crippen molar-refractivity contribution in [3.8, 4) is 0 Å². The summed E-state index contributed by atoms with van der Waals surface area (Å²) in [4.78, 5) is 11.6. The maximum atomic E-state index is 11.6. The molecule has 1 aliphatic carbocycles. The summed E-state index contributed by atoms with van der Waals surface area (Å²) < 4.78 is 0. The highest BCUT2D eigenvalue weighted by Gasteiger charge is 2.58. The van der Waals surface area contributed by atoms with Gasteiger partial charge in [0.15, 0.2) is 0 Å². The van der Waals surface area contributed by atoms with E-state index in [1.807, 2.05) is 0 Å². The van der Waals surface area contributed by atoms with Gasteiger partial charge in [0.25, 0.3) is 6.92 Å². The molecule has 0 aromatic heterocycles. The number of nitrogens with one attached hydrogen (secondary N) is 1. The van der Waals surface area contributed by atoms with Crippen LogP contribution in [0.5, 0.6) is 0 Å². The smallest absolute Gasteiger partial charge is 0.323 e. The molecule has 2 aliphatic rings. The molecular formula is C13H25BN2O3. The maximum Gasteiger partial charge on any atom is 0.323 e. The molecule has 0 aromatic carbocycles. The summed E-state index contributed by atoms with van der Waals surface area (Å²) in [7, 11) is 0. The van der Waals surface area contributed by atoms with Gasteiger partial charge in [0.2, 0.25) is 0 Å². The summed E-state index contributed by atoms with van der Waals surface area (Å²) in [5.41, 5.74) is 5.15. The van der Waals surface area contributed by atoms with Crippen LogP contribution in [0.2, 0.25) is 13.1 Å². The topological polar surface area (TPSA) is 95.6 Å². The summed E-state index contributed by atoms with van der Waals surface area (Å²) in [6, 6.07) is 0.339. The molecule has 0 radical (unpaired) electrons. The minimum absolute atomic E-state index is 0.0127. The molecule has 0 bridgehead atoms. The van der Waals surface area contributed by atoms with E-state index in [0.717, 1.165) is 19.4 Å². The number of hydrogen-bond acceptors (Lipinski definition) is 4. The lowest BCUT2D eigenvalue weighted by Crippen LogP contribution is -2.53. The molecule has 108 valence electrons. The Bertz CT molecular complexity index is 353. The van der Waals surface area contributed by atoms with Crippen LogP contribution < -0.4 is 11.1 Å². The number of rotatable bonds is 5. The normalized spacial score (nSPS) is 41.3. The molecular weight excluding hydrogens is 243 g/mol. The van der Waals surface area contributed by atoms with Crippen LogP contribution in [0.3, 0.4) is 0 Å². The van der Waals surface area contributed by atoms with Crippen molar-refractivity contribution >= 4 is 12.9 Å². The van der Waals surface area contributed by atoms with E-state index in [1.54, 1.807) is 6.82 Å². The van der Waals surface area contributed by atoms with Crippen molar-refractivity contribution in [1.82, 2.24) is 5.32 Å². The van der Waals surface area contributed by atoms with E-state index in [2.05, 4.69) is 12.2 Å². The Morgan fingerprint density at radius 1 is 1.58 bits per heavy atom. The Balaban J connectivity index is 2.10. The Morgan fingerprint density at radius 3 is 2.84 bits per heavy atom. The van der Waals surface area contributed by atoms with E-state index < -0.39 is 11.5 Å². The monoisotopic (exact) mass is 268 g/mol. The van der Waals surface area contributed by atoms with Crippen molar-refractivity contribution in [1.29, 1.82) is 0 Å². The van der Waals surface area contributed by atoms with Gasteiger partial charge in [-0.2, -0.15) is 0 Å². The fraction of sp³-hybridized carbons (Fsp3) is 0.923. The van der Waals surface area contributed by atoms with Gasteiger partial charge in [-0.15, -0.1) is 0 Å². The van der Waals surface area contributed by atoms with Crippen LogP contribution in [-0.4, -0.2) is 41.1 Å². The lowest BCUT2D eigenvalue weighted by Gasteiger charge is -2.32. The van der Waals surface area contributed by atoms with E-state index in [0.29, 0.717) is 30.6 Å². The fourth-order valence-electron chi connectivity index (χ4n) is 4.16. The van der Waals surface area contributed by atoms with Gasteiger partial charge >= 0.3 is 5.97 Å². The van der Waals surface area contributed by atoms with Crippen molar-refractivity contribution in [2.24, 2.45) is 23.5 Å². The average molecular weight is 268 g/mol. The third kappa shape index (κ3) is 2.66. The summed E-state index contributed by atoms with van der Waals surface area (Å²) in [6.45, 7) is 4.45.